The number of amides is 1. The van der Waals surface area contributed by atoms with Gasteiger partial charge in [0, 0.05) is 19.3 Å². The number of rotatable bonds is 3. The van der Waals surface area contributed by atoms with E-state index in [2.05, 4.69) is 25.8 Å². The van der Waals surface area contributed by atoms with Gasteiger partial charge in [0.1, 0.15) is 5.69 Å². The molecule has 1 rings (SSSR count). The highest BCUT2D eigenvalue weighted by molar-refractivity contribution is 5.92. The minimum atomic E-state index is 0.00968. The molecule has 0 aliphatic rings. The lowest BCUT2D eigenvalue weighted by atomic mass is 9.88. The van der Waals surface area contributed by atoms with Crippen molar-refractivity contribution < 1.29 is 4.79 Å². The van der Waals surface area contributed by atoms with Gasteiger partial charge in [0.2, 0.25) is 0 Å². The van der Waals surface area contributed by atoms with E-state index in [0.717, 1.165) is 18.7 Å². The molecule has 0 radical (unpaired) electrons. The molecule has 0 atom stereocenters. The SMILES string of the molecule is CCN(CC)C(=O)c1ccc(C(C)(C)C)cn1. The quantitative estimate of drug-likeness (QED) is 0.805. The minimum Gasteiger partial charge on any atom is -0.338 e. The number of pyridine rings is 1. The Labute approximate surface area is 104 Å². The van der Waals surface area contributed by atoms with Crippen molar-refractivity contribution in [2.45, 2.75) is 40.0 Å². The van der Waals surface area contributed by atoms with E-state index in [0.29, 0.717) is 5.69 Å². The first-order chi connectivity index (χ1) is 7.90. The van der Waals surface area contributed by atoms with Crippen molar-refractivity contribution in [1.29, 1.82) is 0 Å². The highest BCUT2D eigenvalue weighted by Gasteiger charge is 2.17. The lowest BCUT2D eigenvalue weighted by Crippen LogP contribution is -2.31. The van der Waals surface area contributed by atoms with Crippen LogP contribution < -0.4 is 0 Å². The maximum absolute atomic E-state index is 12.0. The Hall–Kier alpha value is -1.38. The Balaban J connectivity index is 2.91. The summed E-state index contributed by atoms with van der Waals surface area (Å²) in [6, 6.07) is 3.81. The molecule has 3 heteroatoms. The molecule has 0 saturated heterocycles. The summed E-state index contributed by atoms with van der Waals surface area (Å²) in [7, 11) is 0. The van der Waals surface area contributed by atoms with Gasteiger partial charge in [-0.25, -0.2) is 0 Å². The lowest BCUT2D eigenvalue weighted by molar-refractivity contribution is 0.0767. The Kier molecular flexibility index (Phi) is 4.27. The molecule has 0 spiro atoms. The second kappa shape index (κ2) is 5.30. The van der Waals surface area contributed by atoms with E-state index in [1.165, 1.54) is 0 Å². The summed E-state index contributed by atoms with van der Waals surface area (Å²) in [6.07, 6.45) is 1.80. The van der Waals surface area contributed by atoms with Crippen molar-refractivity contribution in [3.05, 3.63) is 29.6 Å². The van der Waals surface area contributed by atoms with E-state index in [9.17, 15) is 4.79 Å². The molecule has 1 aromatic rings. The van der Waals surface area contributed by atoms with Crippen LogP contribution >= 0.6 is 0 Å². The third-order valence-corrected chi connectivity index (χ3v) is 2.90. The van der Waals surface area contributed by atoms with E-state index in [1.807, 2.05) is 26.0 Å². The molecular weight excluding hydrogens is 212 g/mol. The largest absolute Gasteiger partial charge is 0.338 e. The zero-order valence-electron chi connectivity index (χ0n) is 11.4. The summed E-state index contributed by atoms with van der Waals surface area (Å²) in [4.78, 5) is 18.1. The van der Waals surface area contributed by atoms with Crippen molar-refractivity contribution >= 4 is 5.91 Å². The number of carbonyl (C=O) groups is 1. The van der Waals surface area contributed by atoms with Crippen LogP contribution in [-0.4, -0.2) is 28.9 Å². The van der Waals surface area contributed by atoms with Gasteiger partial charge in [-0.1, -0.05) is 26.8 Å². The van der Waals surface area contributed by atoms with Crippen LogP contribution in [0.2, 0.25) is 0 Å². The van der Waals surface area contributed by atoms with Crippen LogP contribution in [0.4, 0.5) is 0 Å². The second-order valence-electron chi connectivity index (χ2n) is 5.16. The van der Waals surface area contributed by atoms with Crippen LogP contribution in [0.25, 0.3) is 0 Å². The van der Waals surface area contributed by atoms with E-state index in [4.69, 9.17) is 0 Å². The molecule has 0 N–H and O–H groups in total. The van der Waals surface area contributed by atoms with Crippen molar-refractivity contribution in [3.63, 3.8) is 0 Å². The second-order valence-corrected chi connectivity index (χ2v) is 5.16. The third-order valence-electron chi connectivity index (χ3n) is 2.90. The predicted molar refractivity (Wildman–Crippen MR) is 70.2 cm³/mol. The summed E-state index contributed by atoms with van der Waals surface area (Å²) >= 11 is 0. The molecule has 0 aromatic carbocycles. The fraction of sp³-hybridized carbons (Fsp3) is 0.571. The molecule has 94 valence electrons. The van der Waals surface area contributed by atoms with Crippen LogP contribution in [0.1, 0.15) is 50.7 Å². The summed E-state index contributed by atoms with van der Waals surface area (Å²) < 4.78 is 0. The van der Waals surface area contributed by atoms with Gasteiger partial charge < -0.3 is 4.90 Å². The zero-order chi connectivity index (χ0) is 13.1. The first kappa shape index (κ1) is 13.7. The fourth-order valence-corrected chi connectivity index (χ4v) is 1.64. The van der Waals surface area contributed by atoms with Crippen LogP contribution in [0.5, 0.6) is 0 Å². The van der Waals surface area contributed by atoms with Crippen molar-refractivity contribution in [1.82, 2.24) is 9.88 Å². The first-order valence-electron chi connectivity index (χ1n) is 6.16. The standard InChI is InChI=1S/C14H22N2O/c1-6-16(7-2)13(17)12-9-8-11(10-15-12)14(3,4)5/h8-10H,6-7H2,1-5H3. The summed E-state index contributed by atoms with van der Waals surface area (Å²) in [5.74, 6) is 0.00968. The molecule has 0 aliphatic heterocycles. The Morgan fingerprint density at radius 1 is 1.24 bits per heavy atom. The number of aromatic nitrogens is 1. The average molecular weight is 234 g/mol. The van der Waals surface area contributed by atoms with Gasteiger partial charge in [-0.3, -0.25) is 9.78 Å². The van der Waals surface area contributed by atoms with Gasteiger partial charge in [0.05, 0.1) is 0 Å². The van der Waals surface area contributed by atoms with Crippen molar-refractivity contribution in [2.24, 2.45) is 0 Å². The van der Waals surface area contributed by atoms with E-state index in [1.54, 1.807) is 11.1 Å². The summed E-state index contributed by atoms with van der Waals surface area (Å²) in [5.41, 5.74) is 1.75. The molecular formula is C14H22N2O. The highest BCUT2D eigenvalue weighted by Crippen LogP contribution is 2.21. The number of hydrogen-bond donors (Lipinski definition) is 0. The smallest absolute Gasteiger partial charge is 0.272 e. The summed E-state index contributed by atoms with van der Waals surface area (Å²) in [5, 5.41) is 0. The van der Waals surface area contributed by atoms with E-state index < -0.39 is 0 Å². The molecule has 17 heavy (non-hydrogen) atoms. The maximum atomic E-state index is 12.0. The average Bonchev–Trinajstić information content (AvgIpc) is 2.29. The highest BCUT2D eigenvalue weighted by atomic mass is 16.2. The molecule has 1 amide bonds. The predicted octanol–water partition coefficient (Wildman–Crippen LogP) is 2.86. The zero-order valence-corrected chi connectivity index (χ0v) is 11.4. The molecule has 0 saturated carbocycles. The molecule has 0 bridgehead atoms. The molecule has 1 heterocycles. The topological polar surface area (TPSA) is 33.2 Å². The molecule has 3 nitrogen and oxygen atoms in total. The van der Waals surface area contributed by atoms with Crippen molar-refractivity contribution in [2.75, 3.05) is 13.1 Å². The molecule has 0 aliphatic carbocycles. The minimum absolute atomic E-state index is 0.00968. The summed E-state index contributed by atoms with van der Waals surface area (Å²) in [6.45, 7) is 11.8. The molecule has 1 aromatic heterocycles. The van der Waals surface area contributed by atoms with Gasteiger partial charge >= 0.3 is 0 Å². The number of hydrogen-bond acceptors (Lipinski definition) is 2. The van der Waals surface area contributed by atoms with Crippen LogP contribution in [0.3, 0.4) is 0 Å². The van der Waals surface area contributed by atoms with Gasteiger partial charge in [-0.2, -0.15) is 0 Å². The number of nitrogens with zero attached hydrogens (tertiary/aromatic N) is 2. The fourth-order valence-electron chi connectivity index (χ4n) is 1.64. The maximum Gasteiger partial charge on any atom is 0.272 e. The van der Waals surface area contributed by atoms with Crippen LogP contribution in [0.15, 0.2) is 18.3 Å². The van der Waals surface area contributed by atoms with Crippen LogP contribution in [0, 0.1) is 0 Å². The monoisotopic (exact) mass is 234 g/mol. The Morgan fingerprint density at radius 2 is 1.82 bits per heavy atom. The molecule has 0 unspecified atom stereocenters. The normalized spacial score (nSPS) is 11.4. The van der Waals surface area contributed by atoms with E-state index >= 15 is 0 Å². The number of carbonyl (C=O) groups excluding carboxylic acids is 1. The van der Waals surface area contributed by atoms with Gasteiger partial charge in [-0.15, -0.1) is 0 Å². The van der Waals surface area contributed by atoms with Gasteiger partial charge in [-0.05, 0) is 30.9 Å². The third kappa shape index (κ3) is 3.29. The molecule has 0 fully saturated rings. The van der Waals surface area contributed by atoms with Crippen LogP contribution in [-0.2, 0) is 5.41 Å². The first-order valence-corrected chi connectivity index (χ1v) is 6.16. The lowest BCUT2D eigenvalue weighted by Gasteiger charge is -2.20. The van der Waals surface area contributed by atoms with Crippen molar-refractivity contribution in [3.8, 4) is 0 Å². The van der Waals surface area contributed by atoms with Gasteiger partial charge in [0.15, 0.2) is 0 Å². The Bertz CT molecular complexity index is 372. The Morgan fingerprint density at radius 3 is 2.18 bits per heavy atom. The van der Waals surface area contributed by atoms with E-state index in [-0.39, 0.29) is 11.3 Å². The van der Waals surface area contributed by atoms with Gasteiger partial charge in [0.25, 0.3) is 5.91 Å².